The third kappa shape index (κ3) is 5.77. The van der Waals surface area contributed by atoms with Crippen LogP contribution in [0.5, 0.6) is 5.75 Å². The molecule has 7 heteroatoms. The van der Waals surface area contributed by atoms with E-state index in [-0.39, 0.29) is 5.82 Å². The largest absolute Gasteiger partial charge is 0.493 e. The topological polar surface area (TPSA) is 62.1 Å². The van der Waals surface area contributed by atoms with Gasteiger partial charge >= 0.3 is 5.97 Å². The van der Waals surface area contributed by atoms with Crippen LogP contribution in [0, 0.1) is 12.7 Å². The van der Waals surface area contributed by atoms with Crippen LogP contribution < -0.4 is 4.74 Å². The highest BCUT2D eigenvalue weighted by Gasteiger charge is 2.33. The van der Waals surface area contributed by atoms with E-state index in [4.69, 9.17) is 19.2 Å². The predicted octanol–water partition coefficient (Wildman–Crippen LogP) is 8.14. The number of esters is 1. The number of benzene rings is 3. The van der Waals surface area contributed by atoms with Gasteiger partial charge in [0, 0.05) is 17.3 Å². The summed E-state index contributed by atoms with van der Waals surface area (Å²) in [5.74, 6) is 0.153. The fourth-order valence-electron chi connectivity index (χ4n) is 5.72. The molecular weight excluding hydrogens is 543 g/mol. The maximum absolute atomic E-state index is 13.6. The minimum atomic E-state index is -0.954. The summed E-state index contributed by atoms with van der Waals surface area (Å²) in [4.78, 5) is 18.3. The summed E-state index contributed by atoms with van der Waals surface area (Å²) < 4.78 is 33.2. The van der Waals surface area contributed by atoms with Crippen LogP contribution in [0.2, 0.25) is 0 Å². The molecule has 6 rings (SSSR count). The van der Waals surface area contributed by atoms with Gasteiger partial charge < -0.3 is 14.2 Å². The zero-order valence-corrected chi connectivity index (χ0v) is 25.1. The SMILES string of the molecule is COC(=O)[C@@H](OC(C)(C)C)c1c(C)cc2nc(-c3cccc(-c4ccc(F)cc4)c3)cn2c1-c1ccc2c(c1)CCCO2. The van der Waals surface area contributed by atoms with E-state index in [0.29, 0.717) is 6.61 Å². The van der Waals surface area contributed by atoms with Crippen molar-refractivity contribution in [3.63, 3.8) is 0 Å². The lowest BCUT2D eigenvalue weighted by atomic mass is 9.94. The summed E-state index contributed by atoms with van der Waals surface area (Å²) in [7, 11) is 1.38. The summed E-state index contributed by atoms with van der Waals surface area (Å²) in [6.07, 6.45) is 2.91. The second kappa shape index (κ2) is 11.3. The lowest BCUT2D eigenvalue weighted by Crippen LogP contribution is -2.29. The highest BCUT2D eigenvalue weighted by Crippen LogP contribution is 2.40. The normalized spacial score (nSPS) is 13.8. The number of carbonyl (C=O) groups is 1. The van der Waals surface area contributed by atoms with E-state index >= 15 is 0 Å². The van der Waals surface area contributed by atoms with Crippen LogP contribution >= 0.6 is 0 Å². The Labute approximate surface area is 251 Å². The Hall–Kier alpha value is -4.49. The Morgan fingerprint density at radius 3 is 2.47 bits per heavy atom. The van der Waals surface area contributed by atoms with E-state index in [9.17, 15) is 9.18 Å². The van der Waals surface area contributed by atoms with Gasteiger partial charge in [-0.1, -0.05) is 30.3 Å². The average molecular weight is 579 g/mol. The Morgan fingerprint density at radius 2 is 1.72 bits per heavy atom. The number of hydrogen-bond donors (Lipinski definition) is 0. The van der Waals surface area contributed by atoms with Crippen LogP contribution in [0.4, 0.5) is 4.39 Å². The molecular formula is C36H35FN2O4. The average Bonchev–Trinajstić information content (AvgIpc) is 3.42. The molecule has 3 aromatic carbocycles. The van der Waals surface area contributed by atoms with Crippen molar-refractivity contribution in [2.45, 2.75) is 52.2 Å². The molecule has 0 amide bonds. The van der Waals surface area contributed by atoms with Crippen molar-refractivity contribution in [2.24, 2.45) is 0 Å². The van der Waals surface area contributed by atoms with Gasteiger partial charge in [-0.05, 0) is 111 Å². The van der Waals surface area contributed by atoms with Gasteiger partial charge in [-0.2, -0.15) is 0 Å². The molecule has 0 saturated carbocycles. The van der Waals surface area contributed by atoms with Gasteiger partial charge in [0.2, 0.25) is 0 Å². The third-order valence-corrected chi connectivity index (χ3v) is 7.67. The van der Waals surface area contributed by atoms with Crippen molar-refractivity contribution < 1.29 is 23.4 Å². The summed E-state index contributed by atoms with van der Waals surface area (Å²) in [6, 6.07) is 22.7. The van der Waals surface area contributed by atoms with Crippen molar-refractivity contribution in [3.8, 4) is 39.4 Å². The maximum atomic E-state index is 13.6. The van der Waals surface area contributed by atoms with Crippen molar-refractivity contribution in [2.75, 3.05) is 13.7 Å². The first-order chi connectivity index (χ1) is 20.6. The van der Waals surface area contributed by atoms with Gasteiger partial charge in [0.05, 0.1) is 30.7 Å². The van der Waals surface area contributed by atoms with Crippen LogP contribution in [-0.2, 0) is 20.7 Å². The molecule has 0 aliphatic carbocycles. The number of rotatable bonds is 6. The minimum absolute atomic E-state index is 0.270. The summed E-state index contributed by atoms with van der Waals surface area (Å²) >= 11 is 0. The predicted molar refractivity (Wildman–Crippen MR) is 166 cm³/mol. The van der Waals surface area contributed by atoms with Crippen molar-refractivity contribution in [1.82, 2.24) is 9.38 Å². The summed E-state index contributed by atoms with van der Waals surface area (Å²) in [5, 5.41) is 0. The Morgan fingerprint density at radius 1 is 0.977 bits per heavy atom. The van der Waals surface area contributed by atoms with E-state index in [2.05, 4.69) is 12.1 Å². The van der Waals surface area contributed by atoms with Crippen molar-refractivity contribution in [1.29, 1.82) is 0 Å². The number of pyridine rings is 1. The molecule has 0 N–H and O–H groups in total. The highest BCUT2D eigenvalue weighted by atomic mass is 19.1. The minimum Gasteiger partial charge on any atom is -0.493 e. The molecule has 3 heterocycles. The number of methoxy groups -OCH3 is 1. The molecule has 2 aromatic heterocycles. The van der Waals surface area contributed by atoms with Gasteiger partial charge in [-0.15, -0.1) is 0 Å². The molecule has 0 fully saturated rings. The van der Waals surface area contributed by atoms with Gasteiger partial charge in [0.1, 0.15) is 17.2 Å². The number of fused-ring (bicyclic) bond motifs is 2. The van der Waals surface area contributed by atoms with Gasteiger partial charge in [-0.3, -0.25) is 4.40 Å². The standard InChI is InChI=1S/C36H35FN2O4/c1-22-18-31-38-29(25-9-6-8-24(19-25)23-11-14-28(37)15-12-23)21-39(31)33(27-13-16-30-26(20-27)10-7-17-42-30)32(22)34(35(40)41-5)43-36(2,3)4/h6,8-9,11-16,18-21,34H,7,10,17H2,1-5H3/t34-/m0/s1. The van der Waals surface area contributed by atoms with Gasteiger partial charge in [-0.25, -0.2) is 14.2 Å². The number of nitrogens with zero attached hydrogens (tertiary/aromatic N) is 2. The van der Waals surface area contributed by atoms with Crippen LogP contribution in [0.1, 0.15) is 50.0 Å². The maximum Gasteiger partial charge on any atom is 0.339 e. The quantitative estimate of drug-likeness (QED) is 0.190. The summed E-state index contributed by atoms with van der Waals surface area (Å²) in [5.41, 5.74) is 8.19. The fraction of sp³-hybridized carbons (Fsp3) is 0.278. The molecule has 0 radical (unpaired) electrons. The van der Waals surface area contributed by atoms with E-state index in [1.54, 1.807) is 12.1 Å². The fourth-order valence-corrected chi connectivity index (χ4v) is 5.72. The zero-order valence-electron chi connectivity index (χ0n) is 25.1. The lowest BCUT2D eigenvalue weighted by molar-refractivity contribution is -0.164. The number of hydrogen-bond acceptors (Lipinski definition) is 5. The van der Waals surface area contributed by atoms with E-state index < -0.39 is 17.7 Å². The lowest BCUT2D eigenvalue weighted by Gasteiger charge is -2.29. The molecule has 0 saturated heterocycles. The first kappa shape index (κ1) is 28.6. The molecule has 220 valence electrons. The molecule has 0 spiro atoms. The van der Waals surface area contributed by atoms with E-state index in [1.165, 1.54) is 19.2 Å². The molecule has 1 aliphatic heterocycles. The summed E-state index contributed by atoms with van der Waals surface area (Å²) in [6.45, 7) is 8.46. The number of aryl methyl sites for hydroxylation is 2. The van der Waals surface area contributed by atoms with E-state index in [0.717, 1.165) is 74.6 Å². The number of aromatic nitrogens is 2. The molecule has 0 bridgehead atoms. The van der Waals surface area contributed by atoms with Gasteiger partial charge in [0.15, 0.2) is 6.10 Å². The smallest absolute Gasteiger partial charge is 0.339 e. The van der Waals surface area contributed by atoms with Crippen LogP contribution in [0.3, 0.4) is 0 Å². The number of ether oxygens (including phenoxy) is 3. The van der Waals surface area contributed by atoms with Crippen LogP contribution in [0.25, 0.3) is 39.3 Å². The number of halogens is 1. The Balaban J connectivity index is 1.57. The zero-order chi connectivity index (χ0) is 30.3. The second-order valence-electron chi connectivity index (χ2n) is 11.9. The highest BCUT2D eigenvalue weighted by molar-refractivity contribution is 5.83. The number of imidazole rings is 1. The molecule has 6 nitrogen and oxygen atoms in total. The molecule has 5 aromatic rings. The first-order valence-corrected chi connectivity index (χ1v) is 14.5. The first-order valence-electron chi connectivity index (χ1n) is 14.5. The monoisotopic (exact) mass is 578 g/mol. The Bertz CT molecular complexity index is 1820. The van der Waals surface area contributed by atoms with Crippen LogP contribution in [-0.4, -0.2) is 34.7 Å². The van der Waals surface area contributed by atoms with Crippen LogP contribution in [0.15, 0.2) is 79.0 Å². The van der Waals surface area contributed by atoms with Gasteiger partial charge in [0.25, 0.3) is 0 Å². The number of carbonyl (C=O) groups excluding carboxylic acids is 1. The molecule has 43 heavy (non-hydrogen) atoms. The Kier molecular flexibility index (Phi) is 7.52. The van der Waals surface area contributed by atoms with Crippen molar-refractivity contribution in [3.05, 3.63) is 102 Å². The van der Waals surface area contributed by atoms with Crippen molar-refractivity contribution >= 4 is 11.6 Å². The second-order valence-corrected chi connectivity index (χ2v) is 11.9. The van der Waals surface area contributed by atoms with E-state index in [1.807, 2.05) is 74.7 Å². The third-order valence-electron chi connectivity index (χ3n) is 7.67. The molecule has 1 atom stereocenters. The molecule has 1 aliphatic rings. The molecule has 0 unspecified atom stereocenters.